The predicted octanol–water partition coefficient (Wildman–Crippen LogP) is 12.0. The lowest BCUT2D eigenvalue weighted by Gasteiger charge is -2.24. The molecule has 0 radical (unpaired) electrons. The lowest BCUT2D eigenvalue weighted by atomic mass is 9.81. The summed E-state index contributed by atoms with van der Waals surface area (Å²) < 4.78 is 1.11. The van der Waals surface area contributed by atoms with Gasteiger partial charge in [-0.1, -0.05) is 105 Å². The van der Waals surface area contributed by atoms with E-state index in [2.05, 4.69) is 123 Å². The molecule has 234 valence electrons. The van der Waals surface area contributed by atoms with Gasteiger partial charge in [-0.15, -0.1) is 11.3 Å². The van der Waals surface area contributed by atoms with Gasteiger partial charge in [0.15, 0.2) is 0 Å². The Morgan fingerprint density at radius 1 is 0.543 bits per heavy atom. The quantitative estimate of drug-likeness (QED) is 0.212. The van der Waals surface area contributed by atoms with Gasteiger partial charge in [0.2, 0.25) is 0 Å². The summed E-state index contributed by atoms with van der Waals surface area (Å²) in [6.07, 6.45) is 1.93. The van der Waals surface area contributed by atoms with Crippen molar-refractivity contribution < 1.29 is 5.11 Å². The van der Waals surface area contributed by atoms with Gasteiger partial charge < -0.3 is 5.11 Å². The van der Waals surface area contributed by atoms with Gasteiger partial charge in [0.25, 0.3) is 0 Å². The van der Waals surface area contributed by atoms with Crippen LogP contribution in [0.25, 0.3) is 54.3 Å². The number of benzene rings is 4. The zero-order valence-electron chi connectivity index (χ0n) is 28.5. The van der Waals surface area contributed by atoms with E-state index in [9.17, 15) is 5.11 Å². The normalized spacial score (nSPS) is 12.5. The molecule has 0 spiro atoms. The highest BCUT2D eigenvalue weighted by molar-refractivity contribution is 7.21. The van der Waals surface area contributed by atoms with Crippen molar-refractivity contribution in [2.45, 2.75) is 78.6 Å². The molecule has 2 aromatic heterocycles. The first-order chi connectivity index (χ1) is 21.6. The molecule has 4 heteroatoms. The van der Waals surface area contributed by atoms with E-state index in [-0.39, 0.29) is 22.0 Å². The summed E-state index contributed by atoms with van der Waals surface area (Å²) in [5.41, 5.74) is 11.8. The number of fused-ring (bicyclic) bond motifs is 1. The third-order valence-electron chi connectivity index (χ3n) is 8.73. The summed E-state index contributed by atoms with van der Waals surface area (Å²) in [5, 5.41) is 11.9. The molecule has 6 aromatic rings. The van der Waals surface area contributed by atoms with E-state index >= 15 is 0 Å². The third-order valence-corrected chi connectivity index (χ3v) is 9.76. The Morgan fingerprint density at radius 2 is 1.20 bits per heavy atom. The summed E-state index contributed by atoms with van der Waals surface area (Å²) in [7, 11) is 0. The molecule has 4 aromatic carbocycles. The van der Waals surface area contributed by atoms with Crippen LogP contribution in [0.4, 0.5) is 0 Å². The summed E-state index contributed by atoms with van der Waals surface area (Å²) >= 11 is 1.64. The number of phenols is 1. The number of phenolic OH excluding ortho intramolecular Hbond substituents is 1. The molecule has 2 heterocycles. The summed E-state index contributed by atoms with van der Waals surface area (Å²) in [5.74, 6) is 0.234. The van der Waals surface area contributed by atoms with Crippen LogP contribution in [0.1, 0.15) is 79.0 Å². The van der Waals surface area contributed by atoms with Gasteiger partial charge in [0.1, 0.15) is 10.8 Å². The van der Waals surface area contributed by atoms with Crippen molar-refractivity contribution in [3.8, 4) is 49.8 Å². The van der Waals surface area contributed by atoms with Gasteiger partial charge in [0, 0.05) is 17.3 Å². The van der Waals surface area contributed by atoms with Crippen LogP contribution in [0.5, 0.6) is 5.75 Å². The summed E-state index contributed by atoms with van der Waals surface area (Å²) in [6.45, 7) is 20.3. The molecule has 3 nitrogen and oxygen atoms in total. The Kier molecular flexibility index (Phi) is 7.93. The molecule has 0 amide bonds. The number of aromatic nitrogens is 2. The molecule has 0 bridgehead atoms. The largest absolute Gasteiger partial charge is 0.507 e. The second-order valence-corrected chi connectivity index (χ2v) is 16.5. The minimum absolute atomic E-state index is 0.0235. The lowest BCUT2D eigenvalue weighted by molar-refractivity contribution is 0.477. The van der Waals surface area contributed by atoms with Crippen LogP contribution in [0.15, 0.2) is 97.2 Å². The molecule has 0 saturated heterocycles. The number of thiazole rings is 1. The van der Waals surface area contributed by atoms with E-state index in [0.29, 0.717) is 0 Å². The number of hydrogen-bond donors (Lipinski definition) is 1. The van der Waals surface area contributed by atoms with Crippen LogP contribution in [0.2, 0.25) is 0 Å². The van der Waals surface area contributed by atoms with Crippen molar-refractivity contribution >= 4 is 21.6 Å². The van der Waals surface area contributed by atoms with Gasteiger partial charge in [-0.2, -0.15) is 0 Å². The number of aromatic hydroxyl groups is 1. The molecule has 0 unspecified atom stereocenters. The van der Waals surface area contributed by atoms with E-state index in [1.54, 1.807) is 17.4 Å². The minimum Gasteiger partial charge on any atom is -0.507 e. The van der Waals surface area contributed by atoms with Crippen molar-refractivity contribution in [2.24, 2.45) is 0 Å². The smallest absolute Gasteiger partial charge is 0.128 e. The van der Waals surface area contributed by atoms with Crippen LogP contribution in [-0.2, 0) is 16.2 Å². The van der Waals surface area contributed by atoms with E-state index in [1.165, 1.54) is 16.7 Å². The van der Waals surface area contributed by atoms with Crippen molar-refractivity contribution in [1.82, 2.24) is 9.97 Å². The molecule has 0 atom stereocenters. The Bertz CT molecular complexity index is 2050. The Hall–Kier alpha value is -4.28. The molecule has 0 fully saturated rings. The SMILES string of the molecule is CC(C)(C)c1cc(-c2cc(C(C)(C)C)ccn2)cc(-c2cc(C(C)(C)C)cc3sc(-c4cc(-c5ccccc5)ccc4O)nc23)c1. The van der Waals surface area contributed by atoms with Gasteiger partial charge in [0.05, 0.1) is 21.5 Å². The molecule has 0 saturated carbocycles. The maximum Gasteiger partial charge on any atom is 0.128 e. The number of hydrogen-bond acceptors (Lipinski definition) is 4. The van der Waals surface area contributed by atoms with Crippen LogP contribution in [-0.4, -0.2) is 15.1 Å². The maximum absolute atomic E-state index is 11.1. The Labute approximate surface area is 278 Å². The number of pyridine rings is 1. The first kappa shape index (κ1) is 31.7. The zero-order chi connectivity index (χ0) is 33.0. The topological polar surface area (TPSA) is 46.0 Å². The Balaban J connectivity index is 1.59. The second kappa shape index (κ2) is 11.5. The van der Waals surface area contributed by atoms with Gasteiger partial charge in [-0.3, -0.25) is 4.98 Å². The van der Waals surface area contributed by atoms with Gasteiger partial charge in [-0.25, -0.2) is 4.98 Å². The van der Waals surface area contributed by atoms with Crippen molar-refractivity contribution in [1.29, 1.82) is 0 Å². The second-order valence-electron chi connectivity index (χ2n) is 15.5. The fourth-order valence-electron chi connectivity index (χ4n) is 5.73. The average Bonchev–Trinajstić information content (AvgIpc) is 3.44. The van der Waals surface area contributed by atoms with Crippen molar-refractivity contribution in [2.75, 3.05) is 0 Å². The van der Waals surface area contributed by atoms with E-state index in [4.69, 9.17) is 9.97 Å². The van der Waals surface area contributed by atoms with Gasteiger partial charge >= 0.3 is 0 Å². The van der Waals surface area contributed by atoms with E-state index in [0.717, 1.165) is 54.3 Å². The molecule has 46 heavy (non-hydrogen) atoms. The van der Waals surface area contributed by atoms with Crippen LogP contribution >= 0.6 is 11.3 Å². The maximum atomic E-state index is 11.1. The van der Waals surface area contributed by atoms with Crippen LogP contribution < -0.4 is 0 Å². The zero-order valence-corrected chi connectivity index (χ0v) is 29.3. The standard InChI is InChI=1S/C42H44N2OS/c1-40(2,3)30-17-18-43-35(24-30)29-19-28(20-31(21-29)41(4,5)6)33-23-32(42(7,8)9)25-37-38(33)44-39(46-37)34-22-27(15-16-36(34)45)26-13-11-10-12-14-26/h10-25,45H,1-9H3. The third kappa shape index (κ3) is 6.37. The van der Waals surface area contributed by atoms with E-state index in [1.807, 2.05) is 30.5 Å². The highest BCUT2D eigenvalue weighted by Crippen LogP contribution is 2.44. The molecule has 0 aliphatic carbocycles. The fourth-order valence-corrected chi connectivity index (χ4v) is 6.79. The highest BCUT2D eigenvalue weighted by Gasteiger charge is 2.23. The summed E-state index contributed by atoms with van der Waals surface area (Å²) in [6, 6.07) is 31.9. The molecule has 6 rings (SSSR count). The van der Waals surface area contributed by atoms with Crippen LogP contribution in [0.3, 0.4) is 0 Å². The summed E-state index contributed by atoms with van der Waals surface area (Å²) in [4.78, 5) is 10.1. The molecule has 0 aliphatic rings. The minimum atomic E-state index is -0.0654. The number of nitrogens with zero attached hydrogens (tertiary/aromatic N) is 2. The number of rotatable bonds is 4. The molecule has 0 aliphatic heterocycles. The first-order valence-electron chi connectivity index (χ1n) is 16.0. The monoisotopic (exact) mass is 624 g/mol. The van der Waals surface area contributed by atoms with E-state index < -0.39 is 0 Å². The van der Waals surface area contributed by atoms with Gasteiger partial charge in [-0.05, 0) is 98.2 Å². The molecular weight excluding hydrogens is 581 g/mol. The van der Waals surface area contributed by atoms with Crippen molar-refractivity contribution in [3.05, 3.63) is 114 Å². The average molecular weight is 625 g/mol. The molecular formula is C42H44N2OS. The van der Waals surface area contributed by atoms with Crippen LogP contribution in [0, 0.1) is 0 Å². The predicted molar refractivity (Wildman–Crippen MR) is 197 cm³/mol. The van der Waals surface area contributed by atoms with Crippen molar-refractivity contribution in [3.63, 3.8) is 0 Å². The molecule has 1 N–H and O–H groups in total. The highest BCUT2D eigenvalue weighted by atomic mass is 32.1. The Morgan fingerprint density at radius 3 is 1.87 bits per heavy atom. The lowest BCUT2D eigenvalue weighted by Crippen LogP contribution is -2.13. The fraction of sp³-hybridized carbons (Fsp3) is 0.286. The first-order valence-corrected chi connectivity index (χ1v) is 16.9.